The number of rotatable bonds is 5. The van der Waals surface area contributed by atoms with Gasteiger partial charge in [0.15, 0.2) is 0 Å². The number of carbonyl (C=O) groups excluding carboxylic acids is 2. The third kappa shape index (κ3) is 5.57. The van der Waals surface area contributed by atoms with E-state index in [2.05, 4.69) is 10.1 Å². The second kappa shape index (κ2) is 7.59. The monoisotopic (exact) mass is 281 g/mol. The largest absolute Gasteiger partial charge is 0.469 e. The van der Waals surface area contributed by atoms with Crippen LogP contribution in [0.1, 0.15) is 17.5 Å². The maximum Gasteiger partial charge on any atom is 0.307 e. The average molecular weight is 282 g/mol. The van der Waals surface area contributed by atoms with Crippen molar-refractivity contribution in [3.63, 3.8) is 0 Å². The van der Waals surface area contributed by atoms with Crippen LogP contribution in [-0.4, -0.2) is 25.5 Å². The summed E-state index contributed by atoms with van der Waals surface area (Å²) >= 11 is 5.98. The number of benzene rings is 1. The minimum absolute atomic E-state index is 0.159. The van der Waals surface area contributed by atoms with E-state index >= 15 is 0 Å². The molecule has 0 spiro atoms. The van der Waals surface area contributed by atoms with Crippen molar-refractivity contribution in [2.45, 2.75) is 13.3 Å². The summed E-state index contributed by atoms with van der Waals surface area (Å²) in [6.45, 7) is 2.17. The molecular weight excluding hydrogens is 266 g/mol. The van der Waals surface area contributed by atoms with E-state index in [-0.39, 0.29) is 24.8 Å². The van der Waals surface area contributed by atoms with E-state index in [4.69, 9.17) is 11.6 Å². The molecule has 0 unspecified atom stereocenters. The highest BCUT2D eigenvalue weighted by molar-refractivity contribution is 6.31. The lowest BCUT2D eigenvalue weighted by molar-refractivity contribution is -0.140. The molecule has 0 saturated carbocycles. The van der Waals surface area contributed by atoms with Crippen molar-refractivity contribution in [2.24, 2.45) is 0 Å². The topological polar surface area (TPSA) is 55.4 Å². The molecule has 1 rings (SSSR count). The number of hydrogen-bond donors (Lipinski definition) is 1. The lowest BCUT2D eigenvalue weighted by atomic mass is 10.1. The number of hydrogen-bond acceptors (Lipinski definition) is 3. The summed E-state index contributed by atoms with van der Waals surface area (Å²) in [6, 6.07) is 5.55. The van der Waals surface area contributed by atoms with E-state index in [0.29, 0.717) is 5.02 Å². The molecule has 0 saturated heterocycles. The van der Waals surface area contributed by atoms with Crippen molar-refractivity contribution >= 4 is 29.6 Å². The molecule has 1 N–H and O–H groups in total. The third-order valence-electron chi connectivity index (χ3n) is 2.48. The summed E-state index contributed by atoms with van der Waals surface area (Å²) in [5, 5.41) is 3.24. The van der Waals surface area contributed by atoms with Gasteiger partial charge in [-0.2, -0.15) is 0 Å². The maximum absolute atomic E-state index is 11.5. The Hall–Kier alpha value is -1.81. The third-order valence-corrected chi connectivity index (χ3v) is 2.89. The van der Waals surface area contributed by atoms with E-state index in [1.54, 1.807) is 12.1 Å². The first-order valence-corrected chi connectivity index (χ1v) is 6.19. The fourth-order valence-corrected chi connectivity index (χ4v) is 1.52. The zero-order valence-corrected chi connectivity index (χ0v) is 11.7. The minimum atomic E-state index is -0.352. The molecule has 1 aromatic carbocycles. The molecular formula is C14H16ClNO3. The van der Waals surface area contributed by atoms with Crippen LogP contribution in [-0.2, 0) is 14.3 Å². The number of methoxy groups -OCH3 is 1. The Labute approximate surface area is 117 Å². The van der Waals surface area contributed by atoms with Gasteiger partial charge < -0.3 is 10.1 Å². The fourth-order valence-electron chi connectivity index (χ4n) is 1.33. The molecule has 0 aliphatic heterocycles. The molecule has 0 aromatic heterocycles. The Bertz CT molecular complexity index is 497. The summed E-state index contributed by atoms with van der Waals surface area (Å²) in [4.78, 5) is 22.3. The Kier molecular flexibility index (Phi) is 6.09. The Balaban J connectivity index is 2.45. The summed E-state index contributed by atoms with van der Waals surface area (Å²) < 4.78 is 4.46. The van der Waals surface area contributed by atoms with E-state index < -0.39 is 0 Å². The molecule has 19 heavy (non-hydrogen) atoms. The van der Waals surface area contributed by atoms with Crippen molar-refractivity contribution in [1.82, 2.24) is 5.32 Å². The van der Waals surface area contributed by atoms with Gasteiger partial charge in [-0.05, 0) is 30.2 Å². The molecule has 4 nitrogen and oxygen atoms in total. The van der Waals surface area contributed by atoms with Gasteiger partial charge in [-0.25, -0.2) is 0 Å². The van der Waals surface area contributed by atoms with Gasteiger partial charge in [0, 0.05) is 17.6 Å². The van der Waals surface area contributed by atoms with Crippen LogP contribution in [0, 0.1) is 6.92 Å². The van der Waals surface area contributed by atoms with E-state index in [1.165, 1.54) is 13.2 Å². The van der Waals surface area contributed by atoms with E-state index in [9.17, 15) is 9.59 Å². The number of carbonyl (C=O) groups is 2. The van der Waals surface area contributed by atoms with Gasteiger partial charge in [0.1, 0.15) is 0 Å². The van der Waals surface area contributed by atoms with Crippen LogP contribution in [0.25, 0.3) is 6.08 Å². The SMILES string of the molecule is COC(=O)CCNC(=O)/C=C/c1ccc(C)c(Cl)c1. The quantitative estimate of drug-likeness (QED) is 0.666. The smallest absolute Gasteiger partial charge is 0.307 e. The number of halogens is 1. The lowest BCUT2D eigenvalue weighted by Gasteiger charge is -2.01. The second-order valence-corrected chi connectivity index (χ2v) is 4.37. The van der Waals surface area contributed by atoms with Crippen molar-refractivity contribution in [3.05, 3.63) is 40.4 Å². The van der Waals surface area contributed by atoms with Gasteiger partial charge in [0.05, 0.1) is 13.5 Å². The second-order valence-electron chi connectivity index (χ2n) is 3.96. The first-order valence-electron chi connectivity index (χ1n) is 5.82. The molecule has 1 amide bonds. The predicted molar refractivity (Wildman–Crippen MR) is 74.9 cm³/mol. The lowest BCUT2D eigenvalue weighted by Crippen LogP contribution is -2.24. The first kappa shape index (κ1) is 15.2. The van der Waals surface area contributed by atoms with Gasteiger partial charge in [-0.15, -0.1) is 0 Å². The van der Waals surface area contributed by atoms with Crippen LogP contribution < -0.4 is 5.32 Å². The molecule has 5 heteroatoms. The van der Waals surface area contributed by atoms with Gasteiger partial charge >= 0.3 is 5.97 Å². The Morgan fingerprint density at radius 2 is 2.16 bits per heavy atom. The highest BCUT2D eigenvalue weighted by Gasteiger charge is 2.01. The van der Waals surface area contributed by atoms with E-state index in [1.807, 2.05) is 19.1 Å². The average Bonchev–Trinajstić information content (AvgIpc) is 2.40. The number of aryl methyl sites for hydroxylation is 1. The summed E-state index contributed by atoms with van der Waals surface area (Å²) in [5.74, 6) is -0.616. The number of amides is 1. The Morgan fingerprint density at radius 1 is 1.42 bits per heavy atom. The number of esters is 1. The number of nitrogens with one attached hydrogen (secondary N) is 1. The summed E-state index contributed by atoms with van der Waals surface area (Å²) in [7, 11) is 1.31. The van der Waals surface area contributed by atoms with Crippen molar-refractivity contribution in [3.8, 4) is 0 Å². The van der Waals surface area contributed by atoms with Crippen LogP contribution in [0.5, 0.6) is 0 Å². The highest BCUT2D eigenvalue weighted by atomic mass is 35.5. The first-order chi connectivity index (χ1) is 9.02. The van der Waals surface area contributed by atoms with Gasteiger partial charge in [0.2, 0.25) is 5.91 Å². The van der Waals surface area contributed by atoms with Crippen LogP contribution in [0.3, 0.4) is 0 Å². The van der Waals surface area contributed by atoms with Crippen molar-refractivity contribution in [1.29, 1.82) is 0 Å². The van der Waals surface area contributed by atoms with Gasteiger partial charge in [0.25, 0.3) is 0 Å². The molecule has 0 heterocycles. The molecule has 1 aromatic rings. The van der Waals surface area contributed by atoms with Crippen LogP contribution in [0.4, 0.5) is 0 Å². The van der Waals surface area contributed by atoms with Crippen LogP contribution in [0.15, 0.2) is 24.3 Å². The maximum atomic E-state index is 11.5. The van der Waals surface area contributed by atoms with Crippen molar-refractivity contribution in [2.75, 3.05) is 13.7 Å². The van der Waals surface area contributed by atoms with Crippen molar-refractivity contribution < 1.29 is 14.3 Å². The zero-order chi connectivity index (χ0) is 14.3. The zero-order valence-electron chi connectivity index (χ0n) is 10.9. The fraction of sp³-hybridized carbons (Fsp3) is 0.286. The molecule has 0 atom stereocenters. The molecule has 102 valence electrons. The van der Waals surface area contributed by atoms with Crippen LogP contribution in [0.2, 0.25) is 5.02 Å². The molecule has 0 aliphatic rings. The van der Waals surface area contributed by atoms with E-state index in [0.717, 1.165) is 11.1 Å². The van der Waals surface area contributed by atoms with Crippen LogP contribution >= 0.6 is 11.6 Å². The van der Waals surface area contributed by atoms with Gasteiger partial charge in [-0.1, -0.05) is 23.7 Å². The molecule has 0 radical (unpaired) electrons. The predicted octanol–water partition coefficient (Wildman–Crippen LogP) is 2.34. The Morgan fingerprint density at radius 3 is 2.79 bits per heavy atom. The summed E-state index contributed by atoms with van der Waals surface area (Å²) in [5.41, 5.74) is 1.83. The molecule has 0 bridgehead atoms. The summed E-state index contributed by atoms with van der Waals surface area (Å²) in [6.07, 6.45) is 3.23. The molecule has 0 aliphatic carbocycles. The van der Waals surface area contributed by atoms with Gasteiger partial charge in [-0.3, -0.25) is 9.59 Å². The number of ether oxygens (including phenoxy) is 1. The highest BCUT2D eigenvalue weighted by Crippen LogP contribution is 2.17. The normalized spacial score (nSPS) is 10.5. The minimum Gasteiger partial charge on any atom is -0.469 e. The standard InChI is InChI=1S/C14H16ClNO3/c1-10-3-4-11(9-12(10)15)5-6-13(17)16-8-7-14(18)19-2/h3-6,9H,7-8H2,1-2H3,(H,16,17)/b6-5+. The molecule has 0 fully saturated rings.